The summed E-state index contributed by atoms with van der Waals surface area (Å²) in [5.74, 6) is 0. The maximum atomic E-state index is 5.67. The quantitative estimate of drug-likeness (QED) is 0.786. The van der Waals surface area contributed by atoms with Crippen LogP contribution in [0.2, 0.25) is 0 Å². The Kier molecular flexibility index (Phi) is 4.89. The molecule has 0 aromatic heterocycles. The van der Waals surface area contributed by atoms with Gasteiger partial charge in [-0.2, -0.15) is 0 Å². The molecule has 2 atom stereocenters. The summed E-state index contributed by atoms with van der Waals surface area (Å²) in [6.07, 6.45) is 2.25. The summed E-state index contributed by atoms with van der Waals surface area (Å²) in [4.78, 5) is 1.44. The molecule has 0 radical (unpaired) electrons. The zero-order valence-electron chi connectivity index (χ0n) is 10.6. The number of hydrogen-bond donors (Lipinski definition) is 1. The number of nitrogens with one attached hydrogen (secondary N) is 1. The van der Waals surface area contributed by atoms with E-state index in [1.165, 1.54) is 10.5 Å². The third kappa shape index (κ3) is 3.24. The number of ether oxygens (including phenoxy) is 1. The van der Waals surface area contributed by atoms with Gasteiger partial charge in [0, 0.05) is 22.8 Å². The number of fused-ring (bicyclic) bond motifs is 1. The number of thioether (sulfide) groups is 1. The average molecular weight is 251 g/mol. The van der Waals surface area contributed by atoms with Gasteiger partial charge in [0.05, 0.1) is 6.61 Å². The van der Waals surface area contributed by atoms with Gasteiger partial charge in [0.25, 0.3) is 0 Å². The van der Waals surface area contributed by atoms with Gasteiger partial charge in [-0.05, 0) is 31.5 Å². The van der Waals surface area contributed by atoms with Crippen LogP contribution in [0.5, 0.6) is 0 Å². The minimum atomic E-state index is 0.443. The van der Waals surface area contributed by atoms with Gasteiger partial charge in [-0.3, -0.25) is 0 Å². The van der Waals surface area contributed by atoms with E-state index in [1.807, 2.05) is 18.8 Å². The SMILES string of the molecule is CCCOCC(NC)C1Cc2ccccc2S1. The van der Waals surface area contributed by atoms with E-state index in [4.69, 9.17) is 4.74 Å². The van der Waals surface area contributed by atoms with Crippen molar-refractivity contribution in [1.82, 2.24) is 5.32 Å². The van der Waals surface area contributed by atoms with Gasteiger partial charge < -0.3 is 10.1 Å². The fourth-order valence-corrected chi connectivity index (χ4v) is 3.59. The molecule has 0 saturated heterocycles. The van der Waals surface area contributed by atoms with Crippen LogP contribution < -0.4 is 5.32 Å². The molecule has 1 aliphatic rings. The van der Waals surface area contributed by atoms with Crippen LogP contribution in [0.3, 0.4) is 0 Å². The third-order valence-corrected chi connectivity index (χ3v) is 4.59. The van der Waals surface area contributed by atoms with Crippen molar-refractivity contribution < 1.29 is 4.74 Å². The molecule has 0 saturated carbocycles. The summed E-state index contributed by atoms with van der Waals surface area (Å²) < 4.78 is 5.67. The van der Waals surface area contributed by atoms with Crippen molar-refractivity contribution in [3.8, 4) is 0 Å². The fourth-order valence-electron chi connectivity index (χ4n) is 2.16. The first-order valence-corrected chi connectivity index (χ1v) is 7.22. The molecular formula is C14H21NOS. The number of hydrogen-bond acceptors (Lipinski definition) is 3. The van der Waals surface area contributed by atoms with E-state index < -0.39 is 0 Å². The normalized spacial score (nSPS) is 20.2. The lowest BCUT2D eigenvalue weighted by molar-refractivity contribution is 0.113. The van der Waals surface area contributed by atoms with Crippen molar-refractivity contribution >= 4 is 11.8 Å². The van der Waals surface area contributed by atoms with Gasteiger partial charge in [-0.25, -0.2) is 0 Å². The Hall–Kier alpha value is -0.510. The highest BCUT2D eigenvalue weighted by Crippen LogP contribution is 2.38. The fraction of sp³-hybridized carbons (Fsp3) is 0.571. The van der Waals surface area contributed by atoms with Crippen molar-refractivity contribution in [2.45, 2.75) is 36.0 Å². The summed E-state index contributed by atoms with van der Waals surface area (Å²) in [6.45, 7) is 3.83. The number of benzene rings is 1. The zero-order chi connectivity index (χ0) is 12.1. The minimum absolute atomic E-state index is 0.443. The molecule has 2 rings (SSSR count). The highest BCUT2D eigenvalue weighted by atomic mass is 32.2. The molecule has 2 unspecified atom stereocenters. The van der Waals surface area contributed by atoms with E-state index in [9.17, 15) is 0 Å². The smallest absolute Gasteiger partial charge is 0.0630 e. The maximum Gasteiger partial charge on any atom is 0.0630 e. The third-order valence-electron chi connectivity index (χ3n) is 3.14. The second kappa shape index (κ2) is 6.43. The molecule has 0 aliphatic carbocycles. The first kappa shape index (κ1) is 12.9. The van der Waals surface area contributed by atoms with Crippen LogP contribution in [0.4, 0.5) is 0 Å². The van der Waals surface area contributed by atoms with Crippen molar-refractivity contribution in [3.63, 3.8) is 0 Å². The average Bonchev–Trinajstić information content (AvgIpc) is 2.78. The monoisotopic (exact) mass is 251 g/mol. The van der Waals surface area contributed by atoms with Gasteiger partial charge in [0.2, 0.25) is 0 Å². The van der Waals surface area contributed by atoms with Crippen LogP contribution in [0, 0.1) is 0 Å². The predicted octanol–water partition coefficient (Wildman–Crippen LogP) is 2.72. The molecule has 0 fully saturated rings. The van der Waals surface area contributed by atoms with E-state index in [0.717, 1.165) is 26.1 Å². The van der Waals surface area contributed by atoms with Crippen LogP contribution in [0.15, 0.2) is 29.2 Å². The van der Waals surface area contributed by atoms with E-state index in [-0.39, 0.29) is 0 Å². The van der Waals surface area contributed by atoms with E-state index in [0.29, 0.717) is 11.3 Å². The summed E-state index contributed by atoms with van der Waals surface area (Å²) in [6, 6.07) is 9.15. The second-order valence-corrected chi connectivity index (χ2v) is 5.72. The van der Waals surface area contributed by atoms with Gasteiger partial charge in [0.1, 0.15) is 0 Å². The largest absolute Gasteiger partial charge is 0.380 e. The summed E-state index contributed by atoms with van der Waals surface area (Å²) in [5.41, 5.74) is 1.48. The Morgan fingerprint density at radius 1 is 1.47 bits per heavy atom. The minimum Gasteiger partial charge on any atom is -0.380 e. The molecule has 2 nitrogen and oxygen atoms in total. The standard InChI is InChI=1S/C14H21NOS/c1-3-8-16-10-12(15-2)14-9-11-6-4-5-7-13(11)17-14/h4-7,12,14-15H,3,8-10H2,1-2H3. The van der Waals surface area contributed by atoms with Crippen molar-refractivity contribution in [2.75, 3.05) is 20.3 Å². The zero-order valence-corrected chi connectivity index (χ0v) is 11.4. The molecule has 3 heteroatoms. The lowest BCUT2D eigenvalue weighted by atomic mass is 10.1. The van der Waals surface area contributed by atoms with Gasteiger partial charge >= 0.3 is 0 Å². The molecule has 1 aromatic rings. The predicted molar refractivity (Wildman–Crippen MR) is 73.7 cm³/mol. The summed E-state index contributed by atoms with van der Waals surface area (Å²) in [7, 11) is 2.03. The number of rotatable bonds is 6. The summed E-state index contributed by atoms with van der Waals surface area (Å²) in [5, 5.41) is 4.00. The van der Waals surface area contributed by atoms with E-state index in [2.05, 4.69) is 36.5 Å². The Morgan fingerprint density at radius 3 is 3.00 bits per heavy atom. The van der Waals surface area contributed by atoms with Crippen LogP contribution in [0.1, 0.15) is 18.9 Å². The molecule has 1 N–H and O–H groups in total. The lowest BCUT2D eigenvalue weighted by Crippen LogP contribution is -2.39. The van der Waals surface area contributed by atoms with Crippen molar-refractivity contribution in [2.24, 2.45) is 0 Å². The molecule has 0 spiro atoms. The Morgan fingerprint density at radius 2 is 2.29 bits per heavy atom. The molecule has 0 amide bonds. The van der Waals surface area contributed by atoms with Crippen molar-refractivity contribution in [1.29, 1.82) is 0 Å². The molecule has 1 aliphatic heterocycles. The maximum absolute atomic E-state index is 5.67. The van der Waals surface area contributed by atoms with Crippen LogP contribution in [-0.4, -0.2) is 31.6 Å². The van der Waals surface area contributed by atoms with Gasteiger partial charge in [-0.15, -0.1) is 11.8 Å². The highest BCUT2D eigenvalue weighted by molar-refractivity contribution is 8.00. The molecule has 17 heavy (non-hydrogen) atoms. The van der Waals surface area contributed by atoms with Crippen LogP contribution >= 0.6 is 11.8 Å². The Bertz CT molecular complexity index is 331. The van der Waals surface area contributed by atoms with Crippen LogP contribution in [-0.2, 0) is 11.2 Å². The first-order valence-electron chi connectivity index (χ1n) is 6.34. The molecule has 1 heterocycles. The Labute approximate surface area is 108 Å². The molecular weight excluding hydrogens is 230 g/mol. The molecule has 94 valence electrons. The van der Waals surface area contributed by atoms with Crippen LogP contribution in [0.25, 0.3) is 0 Å². The van der Waals surface area contributed by atoms with Crippen molar-refractivity contribution in [3.05, 3.63) is 29.8 Å². The van der Waals surface area contributed by atoms with Gasteiger partial charge in [-0.1, -0.05) is 25.1 Å². The first-order chi connectivity index (χ1) is 8.35. The topological polar surface area (TPSA) is 21.3 Å². The van der Waals surface area contributed by atoms with E-state index in [1.54, 1.807) is 0 Å². The summed E-state index contributed by atoms with van der Waals surface area (Å²) >= 11 is 1.98. The van der Waals surface area contributed by atoms with E-state index >= 15 is 0 Å². The molecule has 0 bridgehead atoms. The lowest BCUT2D eigenvalue weighted by Gasteiger charge is -2.22. The number of likely N-dealkylation sites (N-methyl/N-ethyl adjacent to an activating group) is 1. The Balaban J connectivity index is 1.91. The highest BCUT2D eigenvalue weighted by Gasteiger charge is 2.28. The second-order valence-electron chi connectivity index (χ2n) is 4.44. The van der Waals surface area contributed by atoms with Gasteiger partial charge in [0.15, 0.2) is 0 Å². The molecule has 1 aromatic carbocycles.